The van der Waals surface area contributed by atoms with Crippen LogP contribution in [0.15, 0.2) is 42.5 Å². The van der Waals surface area contributed by atoms with Crippen LogP contribution in [0.4, 0.5) is 4.79 Å². The minimum Gasteiger partial charge on any atom is -0.344 e. The molecule has 0 aliphatic carbocycles. The van der Waals surface area contributed by atoms with Gasteiger partial charge in [-0.15, -0.1) is 0 Å². The predicted molar refractivity (Wildman–Crippen MR) is 102 cm³/mol. The highest BCUT2D eigenvalue weighted by Crippen LogP contribution is 2.24. The molecule has 0 spiro atoms. The van der Waals surface area contributed by atoms with Gasteiger partial charge in [-0.05, 0) is 42.0 Å². The lowest BCUT2D eigenvalue weighted by Crippen LogP contribution is -2.49. The lowest BCUT2D eigenvalue weighted by Gasteiger charge is -2.26. The molecule has 0 radical (unpaired) electrons. The van der Waals surface area contributed by atoms with Gasteiger partial charge in [0.1, 0.15) is 6.04 Å². The van der Waals surface area contributed by atoms with Crippen molar-refractivity contribution in [3.8, 4) is 0 Å². The normalized spacial score (nSPS) is 23.0. The van der Waals surface area contributed by atoms with Crippen LogP contribution < -0.4 is 5.32 Å². The lowest BCUT2D eigenvalue weighted by atomic mass is 10.0. The van der Waals surface area contributed by atoms with Gasteiger partial charge in [-0.1, -0.05) is 42.5 Å². The molecule has 5 heteroatoms. The Labute approximate surface area is 154 Å². The van der Waals surface area contributed by atoms with Crippen molar-refractivity contribution in [1.82, 2.24) is 15.1 Å². The molecule has 0 aromatic heterocycles. The van der Waals surface area contributed by atoms with Gasteiger partial charge in [0.05, 0.1) is 0 Å². The van der Waals surface area contributed by atoms with E-state index in [-0.39, 0.29) is 24.0 Å². The van der Waals surface area contributed by atoms with E-state index in [1.807, 2.05) is 11.0 Å². The second-order valence-electron chi connectivity index (χ2n) is 7.43. The molecule has 2 aliphatic heterocycles. The van der Waals surface area contributed by atoms with Gasteiger partial charge in [0.15, 0.2) is 0 Å². The van der Waals surface area contributed by atoms with E-state index in [9.17, 15) is 9.59 Å². The minimum atomic E-state index is -0.366. The van der Waals surface area contributed by atoms with E-state index < -0.39 is 0 Å². The smallest absolute Gasteiger partial charge is 0.318 e. The Morgan fingerprint density at radius 2 is 1.92 bits per heavy atom. The zero-order valence-electron chi connectivity index (χ0n) is 15.1. The number of hydrogen-bond acceptors (Lipinski definition) is 2. The van der Waals surface area contributed by atoms with Crippen molar-refractivity contribution in [3.05, 3.63) is 48.0 Å². The van der Waals surface area contributed by atoms with Crippen LogP contribution in [0.25, 0.3) is 10.8 Å². The van der Waals surface area contributed by atoms with Crippen LogP contribution >= 0.6 is 0 Å². The van der Waals surface area contributed by atoms with Crippen LogP contribution in [0, 0.1) is 0 Å². The Morgan fingerprint density at radius 3 is 2.69 bits per heavy atom. The number of benzene rings is 2. The summed E-state index contributed by atoms with van der Waals surface area (Å²) in [5.74, 6) is 0.0172. The number of carbonyl (C=O) groups is 2. The first kappa shape index (κ1) is 16.9. The molecule has 2 fully saturated rings. The van der Waals surface area contributed by atoms with E-state index >= 15 is 0 Å². The van der Waals surface area contributed by atoms with Gasteiger partial charge >= 0.3 is 6.03 Å². The van der Waals surface area contributed by atoms with Crippen molar-refractivity contribution in [2.75, 3.05) is 20.1 Å². The molecular formula is C21H25N3O2. The van der Waals surface area contributed by atoms with Crippen molar-refractivity contribution < 1.29 is 9.59 Å². The van der Waals surface area contributed by atoms with Gasteiger partial charge in [0, 0.05) is 26.2 Å². The maximum atomic E-state index is 12.7. The van der Waals surface area contributed by atoms with Crippen LogP contribution in [0.1, 0.15) is 24.8 Å². The van der Waals surface area contributed by atoms with Crippen molar-refractivity contribution in [2.45, 2.75) is 37.8 Å². The fourth-order valence-electron chi connectivity index (χ4n) is 4.14. The van der Waals surface area contributed by atoms with E-state index in [1.165, 1.54) is 16.3 Å². The number of amides is 3. The monoisotopic (exact) mass is 351 g/mol. The lowest BCUT2D eigenvalue weighted by molar-refractivity contribution is -0.128. The summed E-state index contributed by atoms with van der Waals surface area (Å²) in [4.78, 5) is 28.4. The topological polar surface area (TPSA) is 52.7 Å². The fourth-order valence-corrected chi connectivity index (χ4v) is 4.14. The van der Waals surface area contributed by atoms with Crippen molar-refractivity contribution in [3.63, 3.8) is 0 Å². The van der Waals surface area contributed by atoms with Crippen molar-refractivity contribution in [2.24, 2.45) is 0 Å². The Balaban J connectivity index is 1.44. The summed E-state index contributed by atoms with van der Waals surface area (Å²) in [6.07, 6.45) is 3.59. The largest absolute Gasteiger partial charge is 0.344 e. The van der Waals surface area contributed by atoms with E-state index in [1.54, 1.807) is 11.9 Å². The fraction of sp³-hybridized carbons (Fsp3) is 0.429. The molecule has 2 unspecified atom stereocenters. The van der Waals surface area contributed by atoms with Gasteiger partial charge in [-0.2, -0.15) is 0 Å². The zero-order valence-corrected chi connectivity index (χ0v) is 15.1. The average molecular weight is 351 g/mol. The summed E-state index contributed by atoms with van der Waals surface area (Å²) in [7, 11) is 1.78. The second kappa shape index (κ2) is 6.98. The van der Waals surface area contributed by atoms with Gasteiger partial charge in [-0.3, -0.25) is 4.79 Å². The summed E-state index contributed by atoms with van der Waals surface area (Å²) < 4.78 is 0. The second-order valence-corrected chi connectivity index (χ2v) is 7.43. The van der Waals surface area contributed by atoms with Crippen LogP contribution in [0.2, 0.25) is 0 Å². The molecular weight excluding hydrogens is 326 g/mol. The Hall–Kier alpha value is -2.56. The molecule has 2 saturated heterocycles. The molecule has 3 amide bonds. The number of likely N-dealkylation sites (N-methyl/N-ethyl adjacent to an activating group) is 1. The van der Waals surface area contributed by atoms with Crippen LogP contribution in [0.5, 0.6) is 0 Å². The Kier molecular flexibility index (Phi) is 4.53. The number of fused-ring (bicyclic) bond motifs is 1. The SMILES string of the molecule is CN1CCC(NC(=O)N2CCCC2Cc2ccc3ccccc3c2)C1=O. The number of likely N-dealkylation sites (tertiary alicyclic amines) is 2. The molecule has 0 bridgehead atoms. The number of urea groups is 1. The van der Waals surface area contributed by atoms with Crippen LogP contribution in [-0.4, -0.2) is 54.0 Å². The van der Waals surface area contributed by atoms with Crippen LogP contribution in [0.3, 0.4) is 0 Å². The van der Waals surface area contributed by atoms with Gasteiger partial charge in [0.25, 0.3) is 0 Å². The predicted octanol–water partition coefficient (Wildman–Crippen LogP) is 2.79. The number of nitrogens with zero attached hydrogens (tertiary/aromatic N) is 2. The number of carbonyl (C=O) groups excluding carboxylic acids is 2. The molecule has 1 N–H and O–H groups in total. The molecule has 2 heterocycles. The molecule has 2 atom stereocenters. The Bertz CT molecular complexity index is 835. The maximum absolute atomic E-state index is 12.7. The third-order valence-electron chi connectivity index (χ3n) is 5.65. The molecule has 4 rings (SSSR count). The molecule has 26 heavy (non-hydrogen) atoms. The molecule has 0 saturated carbocycles. The quantitative estimate of drug-likeness (QED) is 0.924. The van der Waals surface area contributed by atoms with Crippen LogP contribution in [-0.2, 0) is 11.2 Å². The number of rotatable bonds is 3. The summed E-state index contributed by atoms with van der Waals surface area (Å²) in [6, 6.07) is 14.6. The molecule has 2 aromatic rings. The third-order valence-corrected chi connectivity index (χ3v) is 5.65. The molecule has 5 nitrogen and oxygen atoms in total. The zero-order chi connectivity index (χ0) is 18.1. The molecule has 2 aromatic carbocycles. The standard InChI is InChI=1S/C21H25N3O2/c1-23-12-10-19(20(23)25)22-21(26)24-11-4-7-18(24)14-15-8-9-16-5-2-3-6-17(16)13-15/h2-3,5-6,8-9,13,18-19H,4,7,10-12,14H2,1H3,(H,22,26). The first-order valence-corrected chi connectivity index (χ1v) is 9.41. The Morgan fingerprint density at radius 1 is 1.12 bits per heavy atom. The first-order valence-electron chi connectivity index (χ1n) is 9.41. The van der Waals surface area contributed by atoms with E-state index in [2.05, 4.69) is 41.7 Å². The van der Waals surface area contributed by atoms with Crippen molar-refractivity contribution in [1.29, 1.82) is 0 Å². The molecule has 136 valence electrons. The number of nitrogens with one attached hydrogen (secondary N) is 1. The third kappa shape index (κ3) is 3.26. The van der Waals surface area contributed by atoms with E-state index in [0.717, 1.165) is 25.8 Å². The first-order chi connectivity index (χ1) is 12.6. The highest BCUT2D eigenvalue weighted by atomic mass is 16.2. The van der Waals surface area contributed by atoms with Gasteiger partial charge in [0.2, 0.25) is 5.91 Å². The van der Waals surface area contributed by atoms with Gasteiger partial charge in [-0.25, -0.2) is 4.79 Å². The summed E-state index contributed by atoms with van der Waals surface area (Å²) >= 11 is 0. The van der Waals surface area contributed by atoms with E-state index in [4.69, 9.17) is 0 Å². The number of hydrogen-bond donors (Lipinski definition) is 1. The highest BCUT2D eigenvalue weighted by molar-refractivity contribution is 5.88. The molecule has 2 aliphatic rings. The maximum Gasteiger partial charge on any atom is 0.318 e. The summed E-state index contributed by atoms with van der Waals surface area (Å²) in [5.41, 5.74) is 1.25. The van der Waals surface area contributed by atoms with Crippen molar-refractivity contribution >= 4 is 22.7 Å². The summed E-state index contributed by atoms with van der Waals surface area (Å²) in [6.45, 7) is 1.48. The summed E-state index contributed by atoms with van der Waals surface area (Å²) in [5, 5.41) is 5.41. The minimum absolute atomic E-state index is 0.0172. The van der Waals surface area contributed by atoms with E-state index in [0.29, 0.717) is 13.0 Å². The van der Waals surface area contributed by atoms with Gasteiger partial charge < -0.3 is 15.1 Å². The highest BCUT2D eigenvalue weighted by Gasteiger charge is 2.34. The average Bonchev–Trinajstić information content (AvgIpc) is 3.23.